The first-order valence-electron chi connectivity index (χ1n) is 6.99. The predicted molar refractivity (Wildman–Crippen MR) is 83.0 cm³/mol. The van der Waals surface area contributed by atoms with Crippen molar-refractivity contribution in [3.8, 4) is 11.3 Å². The number of fused-ring (bicyclic) bond motifs is 1. The second-order valence-corrected chi connectivity index (χ2v) is 4.86. The zero-order valence-corrected chi connectivity index (χ0v) is 12.0. The number of hydrogen-bond donors (Lipinski definition) is 1. The van der Waals surface area contributed by atoms with Gasteiger partial charge in [-0.15, -0.1) is 0 Å². The lowest BCUT2D eigenvalue weighted by atomic mass is 10.0. The molecule has 0 radical (unpaired) electrons. The van der Waals surface area contributed by atoms with Crippen molar-refractivity contribution in [2.45, 2.75) is 6.54 Å². The number of methoxy groups -OCH3 is 1. The Labute approximate surface area is 123 Å². The molecule has 0 aliphatic rings. The van der Waals surface area contributed by atoms with Crippen LogP contribution < -0.4 is 5.32 Å². The number of ether oxygens (including phenoxy) is 1. The van der Waals surface area contributed by atoms with E-state index in [0.717, 1.165) is 23.6 Å². The maximum Gasteiger partial charge on any atom is 0.181 e. The van der Waals surface area contributed by atoms with Crippen molar-refractivity contribution in [3.05, 3.63) is 54.6 Å². The second-order valence-electron chi connectivity index (χ2n) is 4.86. The Morgan fingerprint density at radius 3 is 2.86 bits per heavy atom. The molecular weight excluding hydrogens is 264 g/mol. The second kappa shape index (κ2) is 6.52. The number of oxazole rings is 1. The topological polar surface area (TPSA) is 47.3 Å². The molecule has 1 N–H and O–H groups in total. The van der Waals surface area contributed by atoms with Crippen molar-refractivity contribution in [2.75, 3.05) is 20.3 Å². The molecule has 0 aliphatic carbocycles. The summed E-state index contributed by atoms with van der Waals surface area (Å²) in [6.45, 7) is 2.14. The van der Waals surface area contributed by atoms with Gasteiger partial charge in [-0.25, -0.2) is 4.98 Å². The smallest absolute Gasteiger partial charge is 0.181 e. The van der Waals surface area contributed by atoms with Crippen LogP contribution in [-0.4, -0.2) is 25.2 Å². The molecule has 3 aromatic rings. The molecule has 0 atom stereocenters. The summed E-state index contributed by atoms with van der Waals surface area (Å²) in [5.74, 6) is 0.825. The Morgan fingerprint density at radius 2 is 2.00 bits per heavy atom. The van der Waals surface area contributed by atoms with E-state index in [4.69, 9.17) is 9.15 Å². The van der Waals surface area contributed by atoms with Gasteiger partial charge in [0.05, 0.1) is 6.61 Å². The molecule has 0 unspecified atom stereocenters. The van der Waals surface area contributed by atoms with E-state index in [0.29, 0.717) is 13.2 Å². The van der Waals surface area contributed by atoms with Crippen LogP contribution in [0.5, 0.6) is 0 Å². The van der Waals surface area contributed by atoms with Crippen LogP contribution in [0, 0.1) is 0 Å². The van der Waals surface area contributed by atoms with Gasteiger partial charge in [-0.05, 0) is 16.8 Å². The summed E-state index contributed by atoms with van der Waals surface area (Å²) >= 11 is 0. The molecule has 1 aromatic heterocycles. The predicted octanol–water partition coefficient (Wildman–Crippen LogP) is 3.23. The quantitative estimate of drug-likeness (QED) is 0.705. The Hall–Kier alpha value is -2.17. The molecule has 0 saturated heterocycles. The molecule has 0 aliphatic heterocycles. The van der Waals surface area contributed by atoms with Crippen LogP contribution >= 0.6 is 0 Å². The largest absolute Gasteiger partial charge is 0.443 e. The minimum atomic E-state index is 0.669. The van der Waals surface area contributed by atoms with Gasteiger partial charge in [-0.3, -0.25) is 0 Å². The summed E-state index contributed by atoms with van der Waals surface area (Å²) in [5.41, 5.74) is 1.97. The molecule has 0 spiro atoms. The van der Waals surface area contributed by atoms with E-state index in [1.807, 2.05) is 12.1 Å². The van der Waals surface area contributed by atoms with Gasteiger partial charge in [0.1, 0.15) is 5.69 Å². The first-order chi connectivity index (χ1) is 10.4. The number of aromatic nitrogens is 1. The lowest BCUT2D eigenvalue weighted by molar-refractivity contribution is 0.199. The fraction of sp³-hybridized carbons (Fsp3) is 0.235. The summed E-state index contributed by atoms with van der Waals surface area (Å²) in [6.07, 6.45) is 1.50. The fourth-order valence-corrected chi connectivity index (χ4v) is 2.34. The van der Waals surface area contributed by atoms with E-state index in [1.165, 1.54) is 17.2 Å². The molecule has 4 heteroatoms. The van der Waals surface area contributed by atoms with Crippen molar-refractivity contribution in [1.82, 2.24) is 10.3 Å². The van der Waals surface area contributed by atoms with Crippen molar-refractivity contribution in [1.29, 1.82) is 0 Å². The highest BCUT2D eigenvalue weighted by atomic mass is 16.5. The van der Waals surface area contributed by atoms with Crippen molar-refractivity contribution in [2.24, 2.45) is 0 Å². The van der Waals surface area contributed by atoms with Crippen LogP contribution in [0.25, 0.3) is 22.1 Å². The van der Waals surface area contributed by atoms with Gasteiger partial charge in [-0.1, -0.05) is 36.4 Å². The van der Waals surface area contributed by atoms with E-state index in [-0.39, 0.29) is 0 Å². The highest BCUT2D eigenvalue weighted by molar-refractivity contribution is 5.86. The van der Waals surface area contributed by atoms with Crippen molar-refractivity contribution in [3.63, 3.8) is 0 Å². The Kier molecular flexibility index (Phi) is 4.28. The standard InChI is InChI=1S/C17H18N2O2/c1-20-9-8-18-11-16-17(21-12-19-16)15-7-6-13-4-2-3-5-14(13)10-15/h2-7,10,12,18H,8-9,11H2,1H3. The Balaban J connectivity index is 1.83. The first-order valence-corrected chi connectivity index (χ1v) is 6.99. The molecule has 0 fully saturated rings. The highest BCUT2D eigenvalue weighted by Crippen LogP contribution is 2.26. The van der Waals surface area contributed by atoms with Gasteiger partial charge in [0, 0.05) is 25.8 Å². The van der Waals surface area contributed by atoms with E-state index in [9.17, 15) is 0 Å². The number of hydrogen-bond acceptors (Lipinski definition) is 4. The SMILES string of the molecule is COCCNCc1ncoc1-c1ccc2ccccc2c1. The fourth-order valence-electron chi connectivity index (χ4n) is 2.34. The van der Waals surface area contributed by atoms with Gasteiger partial charge in [-0.2, -0.15) is 0 Å². The molecule has 1 heterocycles. The van der Waals surface area contributed by atoms with Gasteiger partial charge >= 0.3 is 0 Å². The number of benzene rings is 2. The first kappa shape index (κ1) is 13.8. The zero-order chi connectivity index (χ0) is 14.5. The molecule has 2 aromatic carbocycles. The summed E-state index contributed by atoms with van der Waals surface area (Å²) in [5, 5.41) is 5.71. The van der Waals surface area contributed by atoms with Gasteiger partial charge in [0.25, 0.3) is 0 Å². The molecule has 21 heavy (non-hydrogen) atoms. The van der Waals surface area contributed by atoms with Gasteiger partial charge in [0.15, 0.2) is 12.2 Å². The third kappa shape index (κ3) is 3.12. The van der Waals surface area contributed by atoms with Crippen LogP contribution in [-0.2, 0) is 11.3 Å². The summed E-state index contributed by atoms with van der Waals surface area (Å²) in [7, 11) is 1.69. The summed E-state index contributed by atoms with van der Waals surface area (Å²) in [4.78, 5) is 4.30. The molecule has 4 nitrogen and oxygen atoms in total. The molecule has 3 rings (SSSR count). The minimum Gasteiger partial charge on any atom is -0.443 e. The minimum absolute atomic E-state index is 0.669. The lowest BCUT2D eigenvalue weighted by Crippen LogP contribution is -2.19. The van der Waals surface area contributed by atoms with Crippen LogP contribution in [0.15, 0.2) is 53.3 Å². The molecule has 108 valence electrons. The Morgan fingerprint density at radius 1 is 1.14 bits per heavy atom. The summed E-state index contributed by atoms with van der Waals surface area (Å²) in [6, 6.07) is 14.6. The molecule has 0 bridgehead atoms. The van der Waals surface area contributed by atoms with Crippen LogP contribution in [0.1, 0.15) is 5.69 Å². The van der Waals surface area contributed by atoms with E-state index >= 15 is 0 Å². The van der Waals surface area contributed by atoms with Gasteiger partial charge < -0.3 is 14.5 Å². The third-order valence-electron chi connectivity index (χ3n) is 3.43. The van der Waals surface area contributed by atoms with E-state index in [2.05, 4.69) is 40.6 Å². The molecular formula is C17H18N2O2. The lowest BCUT2D eigenvalue weighted by Gasteiger charge is -2.05. The van der Waals surface area contributed by atoms with Gasteiger partial charge in [0.2, 0.25) is 0 Å². The zero-order valence-electron chi connectivity index (χ0n) is 12.0. The maximum atomic E-state index is 5.57. The highest BCUT2D eigenvalue weighted by Gasteiger charge is 2.10. The van der Waals surface area contributed by atoms with Crippen LogP contribution in [0.3, 0.4) is 0 Å². The summed E-state index contributed by atoms with van der Waals surface area (Å²) < 4.78 is 10.6. The Bertz CT molecular complexity index is 721. The molecule has 0 saturated carbocycles. The normalized spacial score (nSPS) is 11.1. The van der Waals surface area contributed by atoms with Crippen molar-refractivity contribution >= 4 is 10.8 Å². The third-order valence-corrected chi connectivity index (χ3v) is 3.43. The molecule has 0 amide bonds. The van der Waals surface area contributed by atoms with Crippen LogP contribution in [0.4, 0.5) is 0 Å². The number of nitrogens with zero attached hydrogens (tertiary/aromatic N) is 1. The monoisotopic (exact) mass is 282 g/mol. The number of rotatable bonds is 6. The van der Waals surface area contributed by atoms with Crippen LogP contribution in [0.2, 0.25) is 0 Å². The van der Waals surface area contributed by atoms with Crippen molar-refractivity contribution < 1.29 is 9.15 Å². The average molecular weight is 282 g/mol. The van der Waals surface area contributed by atoms with E-state index in [1.54, 1.807) is 7.11 Å². The van der Waals surface area contributed by atoms with E-state index < -0.39 is 0 Å². The number of nitrogens with one attached hydrogen (secondary N) is 1. The maximum absolute atomic E-state index is 5.57. The average Bonchev–Trinajstić information content (AvgIpc) is 2.99.